The van der Waals surface area contributed by atoms with E-state index in [4.69, 9.17) is 22.0 Å². The lowest BCUT2D eigenvalue weighted by Gasteiger charge is -2.17. The predicted molar refractivity (Wildman–Crippen MR) is 58.6 cm³/mol. The molecular formula is C11H12ClNO3. The van der Waals surface area contributed by atoms with Crippen LogP contribution in [0.5, 0.6) is 0 Å². The summed E-state index contributed by atoms with van der Waals surface area (Å²) >= 11 is 5.86. The number of aliphatic hydroxyl groups is 3. The second-order valence-electron chi connectivity index (χ2n) is 3.39. The Bertz CT molecular complexity index is 403. The van der Waals surface area contributed by atoms with E-state index < -0.39 is 12.2 Å². The first kappa shape index (κ1) is 12.9. The van der Waals surface area contributed by atoms with Crippen LogP contribution in [0.25, 0.3) is 0 Å². The third-order valence-corrected chi connectivity index (χ3v) is 2.57. The molecule has 0 aliphatic carbocycles. The fourth-order valence-electron chi connectivity index (χ4n) is 1.33. The predicted octanol–water partition coefficient (Wildman–Crippen LogP) is 1.14. The Morgan fingerprint density at radius 3 is 2.62 bits per heavy atom. The Morgan fingerprint density at radius 1 is 1.38 bits per heavy atom. The fraction of sp³-hybridized carbons (Fsp3) is 0.364. The van der Waals surface area contributed by atoms with Crippen LogP contribution in [0.3, 0.4) is 0 Å². The number of halogens is 1. The average molecular weight is 242 g/mol. The SMILES string of the molecule is N#CCC(O)C(O)c1cc(CO)ccc1Cl. The van der Waals surface area contributed by atoms with E-state index in [1.54, 1.807) is 12.1 Å². The third kappa shape index (κ3) is 2.94. The summed E-state index contributed by atoms with van der Waals surface area (Å²) in [6.07, 6.45) is -2.59. The van der Waals surface area contributed by atoms with Crippen molar-refractivity contribution in [2.24, 2.45) is 0 Å². The minimum atomic E-state index is -1.22. The summed E-state index contributed by atoms with van der Waals surface area (Å²) < 4.78 is 0. The van der Waals surface area contributed by atoms with E-state index in [0.29, 0.717) is 16.1 Å². The lowest BCUT2D eigenvalue weighted by Crippen LogP contribution is -2.18. The normalized spacial score (nSPS) is 14.2. The molecule has 1 rings (SSSR count). The standard InChI is InChI=1S/C11H12ClNO3/c12-9-2-1-7(6-14)5-8(9)11(16)10(15)3-4-13/h1-2,5,10-11,14-16H,3,6H2. The number of nitriles is 1. The van der Waals surface area contributed by atoms with Crippen LogP contribution in [0.15, 0.2) is 18.2 Å². The molecule has 2 unspecified atom stereocenters. The number of aliphatic hydroxyl groups excluding tert-OH is 3. The van der Waals surface area contributed by atoms with Crippen LogP contribution >= 0.6 is 11.6 Å². The molecule has 0 aliphatic rings. The van der Waals surface area contributed by atoms with Crippen LogP contribution in [0, 0.1) is 11.3 Å². The van der Waals surface area contributed by atoms with Gasteiger partial charge in [0, 0.05) is 10.6 Å². The van der Waals surface area contributed by atoms with Crippen molar-refractivity contribution in [2.45, 2.75) is 25.2 Å². The molecule has 2 atom stereocenters. The molecular weight excluding hydrogens is 230 g/mol. The van der Waals surface area contributed by atoms with Gasteiger partial charge in [0.25, 0.3) is 0 Å². The summed E-state index contributed by atoms with van der Waals surface area (Å²) in [5.41, 5.74) is 0.901. The van der Waals surface area contributed by atoms with Gasteiger partial charge >= 0.3 is 0 Å². The van der Waals surface area contributed by atoms with Gasteiger partial charge < -0.3 is 15.3 Å². The maximum atomic E-state index is 9.75. The van der Waals surface area contributed by atoms with Crippen molar-refractivity contribution >= 4 is 11.6 Å². The van der Waals surface area contributed by atoms with Gasteiger partial charge in [0.05, 0.1) is 25.2 Å². The molecule has 0 bridgehead atoms. The highest BCUT2D eigenvalue weighted by molar-refractivity contribution is 6.31. The van der Waals surface area contributed by atoms with Gasteiger partial charge in [0.2, 0.25) is 0 Å². The molecule has 16 heavy (non-hydrogen) atoms. The van der Waals surface area contributed by atoms with Gasteiger partial charge in [-0.05, 0) is 17.7 Å². The third-order valence-electron chi connectivity index (χ3n) is 2.23. The van der Waals surface area contributed by atoms with E-state index in [1.165, 1.54) is 12.1 Å². The molecule has 0 radical (unpaired) electrons. The van der Waals surface area contributed by atoms with Gasteiger partial charge in [0.1, 0.15) is 6.10 Å². The van der Waals surface area contributed by atoms with Crippen LogP contribution in [0.4, 0.5) is 0 Å². The van der Waals surface area contributed by atoms with E-state index >= 15 is 0 Å². The lowest BCUT2D eigenvalue weighted by atomic mass is 10.0. The smallest absolute Gasteiger partial charge is 0.107 e. The zero-order chi connectivity index (χ0) is 12.1. The van der Waals surface area contributed by atoms with Crippen molar-refractivity contribution in [2.75, 3.05) is 0 Å². The number of hydrogen-bond donors (Lipinski definition) is 3. The number of rotatable bonds is 4. The van der Waals surface area contributed by atoms with Crippen molar-refractivity contribution < 1.29 is 15.3 Å². The molecule has 5 heteroatoms. The maximum Gasteiger partial charge on any atom is 0.107 e. The Kier molecular flexibility index (Phi) is 4.71. The van der Waals surface area contributed by atoms with Gasteiger partial charge in [-0.15, -0.1) is 0 Å². The second-order valence-corrected chi connectivity index (χ2v) is 3.80. The van der Waals surface area contributed by atoms with E-state index in [1.807, 2.05) is 0 Å². The number of benzene rings is 1. The maximum absolute atomic E-state index is 9.75. The highest BCUT2D eigenvalue weighted by Crippen LogP contribution is 2.27. The van der Waals surface area contributed by atoms with Crippen LogP contribution < -0.4 is 0 Å². The first-order valence-corrected chi connectivity index (χ1v) is 5.10. The zero-order valence-corrected chi connectivity index (χ0v) is 9.22. The summed E-state index contributed by atoms with van der Waals surface area (Å²) in [4.78, 5) is 0. The highest BCUT2D eigenvalue weighted by Gasteiger charge is 2.20. The highest BCUT2D eigenvalue weighted by atomic mass is 35.5. The summed E-state index contributed by atoms with van der Waals surface area (Å²) in [5, 5.41) is 36.9. The first-order chi connectivity index (χ1) is 7.60. The van der Waals surface area contributed by atoms with Crippen molar-refractivity contribution in [3.63, 3.8) is 0 Å². The van der Waals surface area contributed by atoms with E-state index in [0.717, 1.165) is 0 Å². The topological polar surface area (TPSA) is 84.5 Å². The number of nitrogens with zero attached hydrogens (tertiary/aromatic N) is 1. The molecule has 0 aliphatic heterocycles. The molecule has 0 spiro atoms. The van der Waals surface area contributed by atoms with Crippen LogP contribution in [-0.4, -0.2) is 21.4 Å². The lowest BCUT2D eigenvalue weighted by molar-refractivity contribution is 0.0216. The van der Waals surface area contributed by atoms with E-state index in [9.17, 15) is 10.2 Å². The first-order valence-electron chi connectivity index (χ1n) is 4.72. The Hall–Kier alpha value is -1.12. The monoisotopic (exact) mass is 241 g/mol. The second kappa shape index (κ2) is 5.83. The Labute approximate surface area is 98.3 Å². The molecule has 0 heterocycles. The van der Waals surface area contributed by atoms with Crippen molar-refractivity contribution in [3.05, 3.63) is 34.3 Å². The van der Waals surface area contributed by atoms with Crippen molar-refractivity contribution in [3.8, 4) is 6.07 Å². The molecule has 1 aromatic carbocycles. The van der Waals surface area contributed by atoms with E-state index in [-0.39, 0.29) is 13.0 Å². The Morgan fingerprint density at radius 2 is 2.06 bits per heavy atom. The fourth-order valence-corrected chi connectivity index (χ4v) is 1.56. The molecule has 0 fully saturated rings. The molecule has 4 nitrogen and oxygen atoms in total. The van der Waals surface area contributed by atoms with Crippen LogP contribution in [0.1, 0.15) is 23.7 Å². The van der Waals surface area contributed by atoms with Gasteiger partial charge in [-0.2, -0.15) is 5.26 Å². The van der Waals surface area contributed by atoms with Crippen molar-refractivity contribution in [1.29, 1.82) is 5.26 Å². The summed E-state index contributed by atoms with van der Waals surface area (Å²) in [5.74, 6) is 0. The summed E-state index contributed by atoms with van der Waals surface area (Å²) in [6, 6.07) is 6.42. The van der Waals surface area contributed by atoms with Crippen LogP contribution in [0.2, 0.25) is 5.02 Å². The molecule has 0 aromatic heterocycles. The van der Waals surface area contributed by atoms with Crippen LogP contribution in [-0.2, 0) is 6.61 Å². The molecule has 1 aromatic rings. The summed E-state index contributed by atoms with van der Waals surface area (Å²) in [7, 11) is 0. The average Bonchev–Trinajstić information content (AvgIpc) is 2.29. The molecule has 3 N–H and O–H groups in total. The van der Waals surface area contributed by atoms with Gasteiger partial charge in [-0.3, -0.25) is 0 Å². The van der Waals surface area contributed by atoms with Gasteiger partial charge in [-0.25, -0.2) is 0 Å². The Balaban J connectivity index is 2.98. The quantitative estimate of drug-likeness (QED) is 0.738. The van der Waals surface area contributed by atoms with Crippen molar-refractivity contribution in [1.82, 2.24) is 0 Å². The van der Waals surface area contributed by atoms with Gasteiger partial charge in [0.15, 0.2) is 0 Å². The molecule has 0 saturated carbocycles. The minimum absolute atomic E-state index is 0.175. The molecule has 86 valence electrons. The zero-order valence-electron chi connectivity index (χ0n) is 8.47. The summed E-state index contributed by atoms with van der Waals surface area (Å²) in [6.45, 7) is -0.175. The van der Waals surface area contributed by atoms with E-state index in [2.05, 4.69) is 0 Å². The van der Waals surface area contributed by atoms with Gasteiger partial charge in [-0.1, -0.05) is 17.7 Å². The largest absolute Gasteiger partial charge is 0.392 e. The molecule has 0 saturated heterocycles. The molecule has 0 amide bonds. The minimum Gasteiger partial charge on any atom is -0.392 e. The number of hydrogen-bond acceptors (Lipinski definition) is 4.